The number of rotatable bonds is 5. The van der Waals surface area contributed by atoms with E-state index in [0.29, 0.717) is 42.8 Å². The average Bonchev–Trinajstić information content (AvgIpc) is 3.52. The van der Waals surface area contributed by atoms with Crippen molar-refractivity contribution in [3.63, 3.8) is 0 Å². The fourth-order valence-electron chi connectivity index (χ4n) is 4.59. The van der Waals surface area contributed by atoms with Gasteiger partial charge in [-0.25, -0.2) is 9.50 Å². The zero-order valence-electron chi connectivity index (χ0n) is 19.9. The molecule has 0 aliphatic carbocycles. The normalized spacial score (nSPS) is 14.6. The van der Waals surface area contributed by atoms with Crippen LogP contribution in [0.4, 0.5) is 19.0 Å². The lowest BCUT2D eigenvalue weighted by atomic mass is 9.96. The summed E-state index contributed by atoms with van der Waals surface area (Å²) in [5, 5.41) is 20.2. The van der Waals surface area contributed by atoms with E-state index in [1.165, 1.54) is 6.20 Å². The zero-order chi connectivity index (χ0) is 26.2. The summed E-state index contributed by atoms with van der Waals surface area (Å²) >= 11 is 0. The van der Waals surface area contributed by atoms with Crippen LogP contribution in [0.25, 0.3) is 27.8 Å². The first-order chi connectivity index (χ1) is 17.7. The van der Waals surface area contributed by atoms with Crippen LogP contribution in [0.1, 0.15) is 18.4 Å². The quantitative estimate of drug-likeness (QED) is 0.442. The predicted octanol–water partition coefficient (Wildman–Crippen LogP) is 3.56. The summed E-state index contributed by atoms with van der Waals surface area (Å²) in [4.78, 5) is 18.7. The maximum atomic E-state index is 12.4. The second-order valence-electron chi connectivity index (χ2n) is 9.01. The van der Waals surface area contributed by atoms with Crippen molar-refractivity contribution in [2.75, 3.05) is 24.5 Å². The summed E-state index contributed by atoms with van der Waals surface area (Å²) < 4.78 is 40.5. The van der Waals surface area contributed by atoms with Gasteiger partial charge >= 0.3 is 6.18 Å². The van der Waals surface area contributed by atoms with Gasteiger partial charge in [0.05, 0.1) is 23.5 Å². The molecule has 1 amide bonds. The molecule has 1 saturated heterocycles. The van der Waals surface area contributed by atoms with Gasteiger partial charge in [0, 0.05) is 66.9 Å². The third-order valence-electron chi connectivity index (χ3n) is 6.48. The van der Waals surface area contributed by atoms with Gasteiger partial charge in [-0.3, -0.25) is 9.48 Å². The lowest BCUT2D eigenvalue weighted by Crippen LogP contribution is -2.43. The standard InChI is InChI=1S/C25H23F3N8O/c1-34-13-20(12-32-34)18-8-21(23-19(9-29)11-33-36(23)14-18)17-2-3-22(30-10-17)35-6-4-16(5-7-35)24(37)31-15-25(26,27)28/h2-3,8,10-14,16H,4-7,15H2,1H3,(H,31,37). The lowest BCUT2D eigenvalue weighted by Gasteiger charge is -2.32. The first kappa shape index (κ1) is 24.3. The summed E-state index contributed by atoms with van der Waals surface area (Å²) in [5.74, 6) is -0.300. The third-order valence-corrected chi connectivity index (χ3v) is 6.48. The second kappa shape index (κ2) is 9.57. The number of nitriles is 1. The van der Waals surface area contributed by atoms with Gasteiger partial charge in [-0.05, 0) is 31.0 Å². The topological polar surface area (TPSA) is 104 Å². The maximum Gasteiger partial charge on any atom is 0.405 e. The second-order valence-corrected chi connectivity index (χ2v) is 9.01. The van der Waals surface area contributed by atoms with Gasteiger partial charge in [0.1, 0.15) is 18.4 Å². The number of aryl methyl sites for hydroxylation is 1. The summed E-state index contributed by atoms with van der Waals surface area (Å²) in [5.41, 5.74) is 4.52. The van der Waals surface area contributed by atoms with Gasteiger partial charge in [0.2, 0.25) is 5.91 Å². The number of nitrogens with zero attached hydrogens (tertiary/aromatic N) is 7. The Balaban J connectivity index is 1.36. The van der Waals surface area contributed by atoms with Crippen molar-refractivity contribution in [1.29, 1.82) is 5.26 Å². The number of amides is 1. The van der Waals surface area contributed by atoms with E-state index in [1.807, 2.05) is 47.9 Å². The third kappa shape index (κ3) is 5.11. The Morgan fingerprint density at radius 3 is 2.51 bits per heavy atom. The van der Waals surface area contributed by atoms with Crippen LogP contribution in [0, 0.1) is 17.2 Å². The largest absolute Gasteiger partial charge is 0.405 e. The summed E-state index contributed by atoms with van der Waals surface area (Å²) in [6, 6.07) is 7.96. The number of carbonyl (C=O) groups is 1. The van der Waals surface area contributed by atoms with Crippen molar-refractivity contribution in [1.82, 2.24) is 29.7 Å². The molecule has 5 heterocycles. The Hall–Kier alpha value is -4.40. The van der Waals surface area contributed by atoms with Gasteiger partial charge in [-0.1, -0.05) is 0 Å². The van der Waals surface area contributed by atoms with Crippen LogP contribution in [0.2, 0.25) is 0 Å². The highest BCUT2D eigenvalue weighted by Gasteiger charge is 2.31. The first-order valence-corrected chi connectivity index (χ1v) is 11.7. The molecule has 0 bridgehead atoms. The van der Waals surface area contributed by atoms with E-state index in [1.54, 1.807) is 21.6 Å². The number of halogens is 3. The van der Waals surface area contributed by atoms with Gasteiger partial charge < -0.3 is 10.2 Å². The van der Waals surface area contributed by atoms with Crippen LogP contribution >= 0.6 is 0 Å². The molecule has 0 atom stereocenters. The van der Waals surface area contributed by atoms with E-state index in [-0.39, 0.29) is 0 Å². The monoisotopic (exact) mass is 508 g/mol. The highest BCUT2D eigenvalue weighted by atomic mass is 19.4. The van der Waals surface area contributed by atoms with Crippen LogP contribution in [-0.4, -0.2) is 56.1 Å². The minimum Gasteiger partial charge on any atom is -0.357 e. The number of fused-ring (bicyclic) bond motifs is 1. The molecule has 0 radical (unpaired) electrons. The zero-order valence-corrected chi connectivity index (χ0v) is 19.9. The first-order valence-electron chi connectivity index (χ1n) is 11.7. The molecule has 1 aliphatic rings. The Morgan fingerprint density at radius 2 is 1.89 bits per heavy atom. The van der Waals surface area contributed by atoms with Gasteiger partial charge in [0.15, 0.2) is 0 Å². The maximum absolute atomic E-state index is 12.4. The van der Waals surface area contributed by atoms with Gasteiger partial charge in [-0.2, -0.15) is 28.6 Å². The Kier molecular flexibility index (Phi) is 6.29. The van der Waals surface area contributed by atoms with Crippen LogP contribution in [0.3, 0.4) is 0 Å². The number of hydrogen-bond acceptors (Lipinski definition) is 6. The minimum atomic E-state index is -4.42. The molecule has 1 fully saturated rings. The summed E-state index contributed by atoms with van der Waals surface area (Å²) in [6.45, 7) is -0.286. The van der Waals surface area contributed by atoms with Crippen molar-refractivity contribution in [2.45, 2.75) is 19.0 Å². The molecule has 190 valence electrons. The molecule has 37 heavy (non-hydrogen) atoms. The highest BCUT2D eigenvalue weighted by molar-refractivity contribution is 5.87. The highest BCUT2D eigenvalue weighted by Crippen LogP contribution is 2.32. The predicted molar refractivity (Wildman–Crippen MR) is 129 cm³/mol. The fraction of sp³-hybridized carbons (Fsp3) is 0.320. The summed E-state index contributed by atoms with van der Waals surface area (Å²) in [7, 11) is 1.84. The van der Waals surface area contributed by atoms with E-state index >= 15 is 0 Å². The van der Waals surface area contributed by atoms with Crippen LogP contribution in [-0.2, 0) is 11.8 Å². The van der Waals surface area contributed by atoms with Crippen molar-refractivity contribution in [3.8, 4) is 28.3 Å². The molecule has 4 aromatic rings. The van der Waals surface area contributed by atoms with Crippen molar-refractivity contribution >= 4 is 17.2 Å². The number of nitrogens with one attached hydrogen (secondary N) is 1. The molecular weight excluding hydrogens is 485 g/mol. The van der Waals surface area contributed by atoms with Crippen LogP contribution in [0.5, 0.6) is 0 Å². The SMILES string of the molecule is Cn1cc(-c2cc(-c3ccc(N4CCC(C(=O)NCC(F)(F)F)CC4)nc3)c3c(C#N)cnn3c2)cn1. The molecule has 0 saturated carbocycles. The molecule has 5 rings (SSSR count). The summed E-state index contributed by atoms with van der Waals surface area (Å²) in [6.07, 6.45) is 5.24. The number of piperidine rings is 1. The molecule has 0 aromatic carbocycles. The number of aromatic nitrogens is 5. The van der Waals surface area contributed by atoms with Crippen LogP contribution < -0.4 is 10.2 Å². The number of anilines is 1. The minimum absolute atomic E-state index is 0.447. The Bertz CT molecular complexity index is 1470. The Labute approximate surface area is 210 Å². The number of alkyl halides is 3. The van der Waals surface area contributed by atoms with E-state index in [2.05, 4.69) is 21.3 Å². The molecule has 1 aliphatic heterocycles. The molecule has 0 spiro atoms. The molecule has 1 N–H and O–H groups in total. The van der Waals surface area contributed by atoms with E-state index in [4.69, 9.17) is 0 Å². The number of carbonyl (C=O) groups excluding carboxylic acids is 1. The van der Waals surface area contributed by atoms with Gasteiger partial charge in [-0.15, -0.1) is 0 Å². The van der Waals surface area contributed by atoms with Crippen LogP contribution in [0.15, 0.2) is 49.2 Å². The average molecular weight is 509 g/mol. The molecule has 12 heteroatoms. The molecule has 4 aromatic heterocycles. The fourth-order valence-corrected chi connectivity index (χ4v) is 4.59. The lowest BCUT2D eigenvalue weighted by molar-refractivity contribution is -0.141. The smallest absolute Gasteiger partial charge is 0.357 e. The molecule has 0 unspecified atom stereocenters. The van der Waals surface area contributed by atoms with E-state index in [9.17, 15) is 23.2 Å². The van der Waals surface area contributed by atoms with E-state index < -0.39 is 24.5 Å². The van der Waals surface area contributed by atoms with Crippen molar-refractivity contribution in [3.05, 3.63) is 54.7 Å². The van der Waals surface area contributed by atoms with E-state index in [0.717, 1.165) is 22.3 Å². The van der Waals surface area contributed by atoms with Crippen molar-refractivity contribution < 1.29 is 18.0 Å². The van der Waals surface area contributed by atoms with Crippen molar-refractivity contribution in [2.24, 2.45) is 13.0 Å². The molecular formula is C25H23F3N8O. The van der Waals surface area contributed by atoms with Gasteiger partial charge in [0.25, 0.3) is 0 Å². The number of pyridine rings is 2. The molecule has 9 nitrogen and oxygen atoms in total. The Morgan fingerprint density at radius 1 is 1.11 bits per heavy atom. The number of hydrogen-bond donors (Lipinski definition) is 1.